The van der Waals surface area contributed by atoms with Gasteiger partial charge >= 0.3 is 0 Å². The lowest BCUT2D eigenvalue weighted by molar-refractivity contribution is 0.484. The summed E-state index contributed by atoms with van der Waals surface area (Å²) in [6.07, 6.45) is 1.58. The Balaban J connectivity index is 2.30. The summed E-state index contributed by atoms with van der Waals surface area (Å²) in [5.74, 6) is 0.896. The lowest BCUT2D eigenvalue weighted by Crippen LogP contribution is -2.27. The van der Waals surface area contributed by atoms with Gasteiger partial charge in [0, 0.05) is 5.56 Å². The number of aromatic nitrogens is 1. The molecule has 0 saturated heterocycles. The number of oxazole rings is 1. The fraction of sp³-hybridized carbons (Fsp3) is 0.438. The topological polar surface area (TPSA) is 60.2 Å². The highest BCUT2D eigenvalue weighted by molar-refractivity contribution is 7.92. The minimum atomic E-state index is -3.32. The first-order valence-corrected chi connectivity index (χ1v) is 8.69. The van der Waals surface area contributed by atoms with E-state index in [-0.39, 0.29) is 11.8 Å². The number of benzene rings is 1. The quantitative estimate of drug-likeness (QED) is 0.841. The summed E-state index contributed by atoms with van der Waals surface area (Å²) in [4.78, 5) is 4.15. The maximum atomic E-state index is 12.5. The molecule has 0 aliphatic rings. The molecule has 0 spiro atoms. The Bertz CT molecular complexity index is 689. The molecule has 0 N–H and O–H groups in total. The van der Waals surface area contributed by atoms with E-state index in [4.69, 9.17) is 4.42 Å². The zero-order chi connectivity index (χ0) is 15.6. The highest BCUT2D eigenvalue weighted by Gasteiger charge is 2.33. The molecule has 114 valence electrons. The van der Waals surface area contributed by atoms with Gasteiger partial charge in [-0.1, -0.05) is 44.2 Å². The molecular weight excluding hydrogens is 286 g/mol. The normalized spacial score (nSPS) is 15.1. The Morgan fingerprint density at radius 1 is 1.05 bits per heavy atom. The standard InChI is InChI=1S/C16H21NO3S/c1-11(2)12(3)21(18,19)13(4)16-17-10-15(20-16)14-8-6-5-7-9-14/h5-13H,1-4H3/t12-,13-/m1/s1. The fourth-order valence-corrected chi connectivity index (χ4v) is 3.85. The van der Waals surface area contributed by atoms with Gasteiger partial charge in [0.1, 0.15) is 5.25 Å². The first-order valence-electron chi connectivity index (χ1n) is 7.08. The van der Waals surface area contributed by atoms with Crippen LogP contribution in [0.3, 0.4) is 0 Å². The Morgan fingerprint density at radius 2 is 1.67 bits per heavy atom. The number of rotatable bonds is 5. The van der Waals surface area contributed by atoms with E-state index in [1.165, 1.54) is 0 Å². The van der Waals surface area contributed by atoms with Crippen LogP contribution < -0.4 is 0 Å². The molecule has 1 aromatic heterocycles. The number of hydrogen-bond acceptors (Lipinski definition) is 4. The maximum absolute atomic E-state index is 12.5. The molecule has 4 nitrogen and oxygen atoms in total. The van der Waals surface area contributed by atoms with Crippen LogP contribution in [0, 0.1) is 5.92 Å². The smallest absolute Gasteiger partial charge is 0.212 e. The summed E-state index contributed by atoms with van der Waals surface area (Å²) < 4.78 is 30.7. The van der Waals surface area contributed by atoms with Crippen molar-refractivity contribution in [1.29, 1.82) is 0 Å². The highest BCUT2D eigenvalue weighted by Crippen LogP contribution is 2.30. The summed E-state index contributed by atoms with van der Waals surface area (Å²) in [5, 5.41) is -1.17. The van der Waals surface area contributed by atoms with Crippen molar-refractivity contribution in [3.8, 4) is 11.3 Å². The Hall–Kier alpha value is -1.62. The first kappa shape index (κ1) is 15.8. The van der Waals surface area contributed by atoms with Crippen molar-refractivity contribution >= 4 is 9.84 Å². The zero-order valence-electron chi connectivity index (χ0n) is 12.8. The van der Waals surface area contributed by atoms with E-state index in [1.807, 2.05) is 44.2 Å². The van der Waals surface area contributed by atoms with Crippen LogP contribution >= 0.6 is 0 Å². The molecule has 0 fully saturated rings. The van der Waals surface area contributed by atoms with Crippen LogP contribution in [0.4, 0.5) is 0 Å². The lowest BCUT2D eigenvalue weighted by Gasteiger charge is -2.19. The molecule has 0 radical (unpaired) electrons. The molecule has 0 aliphatic carbocycles. The monoisotopic (exact) mass is 307 g/mol. The fourth-order valence-electron chi connectivity index (χ4n) is 2.05. The third kappa shape index (κ3) is 3.18. The Labute approximate surface area is 126 Å². The molecular formula is C16H21NO3S. The molecule has 0 saturated carbocycles. The van der Waals surface area contributed by atoms with Crippen molar-refractivity contribution in [3.05, 3.63) is 42.4 Å². The van der Waals surface area contributed by atoms with Gasteiger partial charge in [0.05, 0.1) is 11.4 Å². The summed E-state index contributed by atoms with van der Waals surface area (Å²) in [5.41, 5.74) is 0.887. The second-order valence-electron chi connectivity index (χ2n) is 5.61. The number of sulfone groups is 1. The lowest BCUT2D eigenvalue weighted by atomic mass is 10.2. The molecule has 21 heavy (non-hydrogen) atoms. The van der Waals surface area contributed by atoms with E-state index in [1.54, 1.807) is 20.0 Å². The van der Waals surface area contributed by atoms with Crippen molar-refractivity contribution in [3.63, 3.8) is 0 Å². The number of nitrogens with zero attached hydrogens (tertiary/aromatic N) is 1. The minimum Gasteiger partial charge on any atom is -0.439 e. The summed E-state index contributed by atoms with van der Waals surface area (Å²) in [6, 6.07) is 9.52. The molecule has 2 rings (SSSR count). The predicted octanol–water partition coefficient (Wildman–Crippen LogP) is 3.86. The van der Waals surface area contributed by atoms with Crippen LogP contribution in [0.2, 0.25) is 0 Å². The molecule has 2 atom stereocenters. The molecule has 0 bridgehead atoms. The second kappa shape index (κ2) is 6.02. The van der Waals surface area contributed by atoms with Crippen LogP contribution in [0.5, 0.6) is 0 Å². The first-order chi connectivity index (χ1) is 9.84. The van der Waals surface area contributed by atoms with E-state index in [0.717, 1.165) is 5.56 Å². The molecule has 0 unspecified atom stereocenters. The van der Waals surface area contributed by atoms with Gasteiger partial charge < -0.3 is 4.42 Å². The van der Waals surface area contributed by atoms with Gasteiger partial charge in [0.15, 0.2) is 15.6 Å². The van der Waals surface area contributed by atoms with Gasteiger partial charge in [-0.05, 0) is 19.8 Å². The van der Waals surface area contributed by atoms with Crippen LogP contribution in [0.1, 0.15) is 38.8 Å². The molecule has 2 aromatic rings. The molecule has 0 amide bonds. The van der Waals surface area contributed by atoms with Crippen LogP contribution in [0.15, 0.2) is 40.9 Å². The SMILES string of the molecule is CC(C)[C@@H](C)S(=O)(=O)[C@H](C)c1ncc(-c2ccccc2)o1. The van der Waals surface area contributed by atoms with Crippen molar-refractivity contribution in [1.82, 2.24) is 4.98 Å². The van der Waals surface area contributed by atoms with Gasteiger partial charge in [-0.15, -0.1) is 0 Å². The maximum Gasteiger partial charge on any atom is 0.212 e. The van der Waals surface area contributed by atoms with E-state index in [9.17, 15) is 8.42 Å². The summed E-state index contributed by atoms with van der Waals surface area (Å²) in [6.45, 7) is 7.17. The van der Waals surface area contributed by atoms with Crippen molar-refractivity contribution in [2.45, 2.75) is 38.2 Å². The zero-order valence-corrected chi connectivity index (χ0v) is 13.6. The summed E-state index contributed by atoms with van der Waals surface area (Å²) in [7, 11) is -3.32. The second-order valence-corrected chi connectivity index (χ2v) is 8.24. The van der Waals surface area contributed by atoms with Crippen molar-refractivity contribution in [2.24, 2.45) is 5.92 Å². The Kier molecular flexibility index (Phi) is 4.52. The van der Waals surface area contributed by atoms with Crippen LogP contribution in [-0.2, 0) is 9.84 Å². The molecule has 5 heteroatoms. The van der Waals surface area contributed by atoms with Gasteiger partial charge in [0.2, 0.25) is 5.89 Å². The van der Waals surface area contributed by atoms with Crippen molar-refractivity contribution in [2.75, 3.05) is 0 Å². The van der Waals surface area contributed by atoms with E-state index < -0.39 is 20.3 Å². The highest BCUT2D eigenvalue weighted by atomic mass is 32.2. The van der Waals surface area contributed by atoms with Gasteiger partial charge in [-0.25, -0.2) is 13.4 Å². The third-order valence-corrected chi connectivity index (χ3v) is 6.65. The van der Waals surface area contributed by atoms with Gasteiger partial charge in [-0.2, -0.15) is 0 Å². The molecule has 1 heterocycles. The van der Waals surface area contributed by atoms with Gasteiger partial charge in [-0.3, -0.25) is 0 Å². The number of hydrogen-bond donors (Lipinski definition) is 0. The summed E-state index contributed by atoms with van der Waals surface area (Å²) >= 11 is 0. The van der Waals surface area contributed by atoms with Crippen molar-refractivity contribution < 1.29 is 12.8 Å². The van der Waals surface area contributed by atoms with E-state index in [0.29, 0.717) is 5.76 Å². The van der Waals surface area contributed by atoms with E-state index >= 15 is 0 Å². The van der Waals surface area contributed by atoms with E-state index in [2.05, 4.69) is 4.98 Å². The average molecular weight is 307 g/mol. The largest absolute Gasteiger partial charge is 0.439 e. The minimum absolute atomic E-state index is 0.0565. The van der Waals surface area contributed by atoms with Crippen LogP contribution in [0.25, 0.3) is 11.3 Å². The third-order valence-electron chi connectivity index (χ3n) is 3.88. The Morgan fingerprint density at radius 3 is 2.24 bits per heavy atom. The molecule has 0 aliphatic heterocycles. The van der Waals surface area contributed by atoms with Gasteiger partial charge in [0.25, 0.3) is 0 Å². The average Bonchev–Trinajstić information content (AvgIpc) is 2.96. The predicted molar refractivity (Wildman–Crippen MR) is 83.6 cm³/mol. The molecule has 1 aromatic carbocycles. The van der Waals surface area contributed by atoms with Crippen LogP contribution in [-0.4, -0.2) is 18.7 Å².